The molecule has 0 atom stereocenters. The van der Waals surface area contributed by atoms with Crippen LogP contribution in [0.1, 0.15) is 37.1 Å². The maximum absolute atomic E-state index is 12.3. The van der Waals surface area contributed by atoms with Crippen molar-refractivity contribution in [2.75, 3.05) is 12.9 Å². The van der Waals surface area contributed by atoms with Crippen molar-refractivity contribution < 1.29 is 14.3 Å². The molecule has 2 rings (SSSR count). The third-order valence-electron chi connectivity index (χ3n) is 2.94. The van der Waals surface area contributed by atoms with Crippen LogP contribution in [0.4, 0.5) is 0 Å². The van der Waals surface area contributed by atoms with Crippen LogP contribution in [0, 0.1) is 20.8 Å². The van der Waals surface area contributed by atoms with Gasteiger partial charge in [-0.15, -0.1) is 10.2 Å². The fraction of sp³-hybridized carbons (Fsp3) is 0.385. The molecule has 0 bridgehead atoms. The van der Waals surface area contributed by atoms with Gasteiger partial charge >= 0.3 is 5.97 Å². The number of esters is 1. The number of nitrogens with zero attached hydrogens (tertiary/aromatic N) is 2. The molecule has 0 aliphatic carbocycles. The topological polar surface area (TPSA) is 84.9 Å². The first-order valence-corrected chi connectivity index (χ1v) is 7.97. The predicted octanol–water partition coefficient (Wildman–Crippen LogP) is 2.55. The molecule has 0 radical (unpaired) electrons. The second-order valence-electron chi connectivity index (χ2n) is 4.42. The SMILES string of the molecule is COC(=O)c1c(C)[nH]c(C(=O)CSc2nnc(C)s2)c1C. The van der Waals surface area contributed by atoms with E-state index in [-0.39, 0.29) is 11.5 Å². The van der Waals surface area contributed by atoms with Crippen molar-refractivity contribution >= 4 is 34.9 Å². The largest absolute Gasteiger partial charge is 0.465 e. The molecule has 0 spiro atoms. The minimum absolute atomic E-state index is 0.0800. The van der Waals surface area contributed by atoms with Crippen LogP contribution in [0.25, 0.3) is 0 Å². The summed E-state index contributed by atoms with van der Waals surface area (Å²) in [6.45, 7) is 5.35. The van der Waals surface area contributed by atoms with Gasteiger partial charge in [0.25, 0.3) is 0 Å². The van der Waals surface area contributed by atoms with Crippen molar-refractivity contribution in [3.8, 4) is 0 Å². The van der Waals surface area contributed by atoms with Crippen LogP contribution in [-0.4, -0.2) is 39.8 Å². The summed E-state index contributed by atoms with van der Waals surface area (Å²) >= 11 is 2.79. The predicted molar refractivity (Wildman–Crippen MR) is 81.3 cm³/mol. The number of ketones is 1. The fourth-order valence-electron chi connectivity index (χ4n) is 1.97. The Balaban J connectivity index is 2.14. The zero-order chi connectivity index (χ0) is 15.6. The lowest BCUT2D eigenvalue weighted by Crippen LogP contribution is -2.07. The number of hydrogen-bond donors (Lipinski definition) is 1. The maximum Gasteiger partial charge on any atom is 0.339 e. The number of aromatic amines is 1. The lowest BCUT2D eigenvalue weighted by atomic mass is 10.1. The number of carbonyl (C=O) groups is 2. The van der Waals surface area contributed by atoms with Gasteiger partial charge < -0.3 is 9.72 Å². The molecular formula is C13H15N3O3S2. The normalized spacial score (nSPS) is 10.7. The van der Waals surface area contributed by atoms with E-state index < -0.39 is 5.97 Å². The smallest absolute Gasteiger partial charge is 0.339 e. The summed E-state index contributed by atoms with van der Waals surface area (Å²) in [5.41, 5.74) is 2.14. The van der Waals surface area contributed by atoms with E-state index in [0.717, 1.165) is 9.35 Å². The second kappa shape index (κ2) is 6.40. The summed E-state index contributed by atoms with van der Waals surface area (Å²) in [5.74, 6) is -0.271. The highest BCUT2D eigenvalue weighted by atomic mass is 32.2. The average molecular weight is 325 g/mol. The molecule has 1 N–H and O–H groups in total. The van der Waals surface area contributed by atoms with E-state index in [1.54, 1.807) is 13.8 Å². The number of rotatable bonds is 5. The number of nitrogens with one attached hydrogen (secondary N) is 1. The molecule has 6 nitrogen and oxygen atoms in total. The van der Waals surface area contributed by atoms with Gasteiger partial charge in [-0.1, -0.05) is 23.1 Å². The molecule has 21 heavy (non-hydrogen) atoms. The number of ether oxygens (including phenoxy) is 1. The highest BCUT2D eigenvalue weighted by molar-refractivity contribution is 8.01. The zero-order valence-electron chi connectivity index (χ0n) is 12.1. The summed E-state index contributed by atoms with van der Waals surface area (Å²) in [4.78, 5) is 26.9. The van der Waals surface area contributed by atoms with Crippen molar-refractivity contribution in [3.05, 3.63) is 27.5 Å². The summed E-state index contributed by atoms with van der Waals surface area (Å²) in [6, 6.07) is 0. The van der Waals surface area contributed by atoms with Crippen LogP contribution in [0.2, 0.25) is 0 Å². The van der Waals surface area contributed by atoms with Gasteiger partial charge in [0.05, 0.1) is 24.1 Å². The minimum atomic E-state index is -0.437. The number of Topliss-reactive ketones (excluding diaryl/α,β-unsaturated/α-hetero) is 1. The standard InChI is InChI=1S/C13H15N3O3S2/c1-6-10(12(18)19-4)7(2)14-11(6)9(17)5-20-13-16-15-8(3)21-13/h14H,5H2,1-4H3. The Bertz CT molecular complexity index is 691. The Morgan fingerprint density at radius 1 is 1.29 bits per heavy atom. The summed E-state index contributed by atoms with van der Waals surface area (Å²) < 4.78 is 5.49. The number of carbonyl (C=O) groups excluding carboxylic acids is 2. The number of H-pyrrole nitrogens is 1. The second-order valence-corrected chi connectivity index (χ2v) is 6.82. The highest BCUT2D eigenvalue weighted by Crippen LogP contribution is 2.25. The first-order chi connectivity index (χ1) is 9.93. The average Bonchev–Trinajstić information content (AvgIpc) is 2.99. The van der Waals surface area contributed by atoms with E-state index in [4.69, 9.17) is 4.74 Å². The van der Waals surface area contributed by atoms with Crippen LogP contribution in [0.15, 0.2) is 4.34 Å². The van der Waals surface area contributed by atoms with Gasteiger partial charge in [0.1, 0.15) is 5.01 Å². The number of hydrogen-bond acceptors (Lipinski definition) is 7. The Labute approximate surface area is 130 Å². The molecule has 8 heteroatoms. The van der Waals surface area contributed by atoms with Gasteiger partial charge in [-0.3, -0.25) is 4.79 Å². The third-order valence-corrected chi connectivity index (χ3v) is 4.91. The van der Waals surface area contributed by atoms with Crippen LogP contribution in [0.5, 0.6) is 0 Å². The van der Waals surface area contributed by atoms with Crippen molar-refractivity contribution in [1.29, 1.82) is 0 Å². The molecule has 0 aliphatic heterocycles. The lowest BCUT2D eigenvalue weighted by molar-refractivity contribution is 0.0599. The zero-order valence-corrected chi connectivity index (χ0v) is 13.8. The van der Waals surface area contributed by atoms with E-state index in [2.05, 4.69) is 15.2 Å². The van der Waals surface area contributed by atoms with Crippen molar-refractivity contribution in [2.24, 2.45) is 0 Å². The van der Waals surface area contributed by atoms with Crippen LogP contribution >= 0.6 is 23.1 Å². The molecular weight excluding hydrogens is 310 g/mol. The molecule has 0 saturated carbocycles. The lowest BCUT2D eigenvalue weighted by Gasteiger charge is -2.00. The summed E-state index contributed by atoms with van der Waals surface area (Å²) in [5, 5.41) is 8.73. The van der Waals surface area contributed by atoms with Crippen LogP contribution < -0.4 is 0 Å². The molecule has 0 unspecified atom stereocenters. The Kier molecular flexibility index (Phi) is 4.79. The van der Waals surface area contributed by atoms with Gasteiger partial charge in [-0.2, -0.15) is 0 Å². The monoisotopic (exact) mass is 325 g/mol. The number of thioether (sulfide) groups is 1. The van der Waals surface area contributed by atoms with E-state index in [1.165, 1.54) is 30.2 Å². The molecule has 2 aromatic heterocycles. The van der Waals surface area contributed by atoms with Gasteiger partial charge in [0.15, 0.2) is 10.1 Å². The molecule has 0 fully saturated rings. The Hall–Kier alpha value is -1.67. The van der Waals surface area contributed by atoms with E-state index >= 15 is 0 Å². The van der Waals surface area contributed by atoms with Crippen molar-refractivity contribution in [1.82, 2.24) is 15.2 Å². The molecule has 112 valence electrons. The van der Waals surface area contributed by atoms with Gasteiger partial charge in [-0.25, -0.2) is 4.79 Å². The van der Waals surface area contributed by atoms with Gasteiger partial charge in [-0.05, 0) is 26.3 Å². The van der Waals surface area contributed by atoms with E-state index in [1.807, 2.05) is 6.92 Å². The first-order valence-electron chi connectivity index (χ1n) is 6.17. The van der Waals surface area contributed by atoms with Crippen LogP contribution in [-0.2, 0) is 4.74 Å². The molecule has 0 aromatic carbocycles. The van der Waals surface area contributed by atoms with Gasteiger partial charge in [0.2, 0.25) is 0 Å². The summed E-state index contributed by atoms with van der Waals surface area (Å²) in [7, 11) is 1.32. The van der Waals surface area contributed by atoms with E-state index in [9.17, 15) is 9.59 Å². The maximum atomic E-state index is 12.3. The Morgan fingerprint density at radius 2 is 2.00 bits per heavy atom. The molecule has 2 heterocycles. The van der Waals surface area contributed by atoms with E-state index in [0.29, 0.717) is 22.5 Å². The molecule has 2 aromatic rings. The molecule has 0 saturated heterocycles. The molecule has 0 aliphatic rings. The summed E-state index contributed by atoms with van der Waals surface area (Å²) in [6.07, 6.45) is 0. The molecule has 0 amide bonds. The first kappa shape index (κ1) is 15.7. The van der Waals surface area contributed by atoms with Crippen molar-refractivity contribution in [2.45, 2.75) is 25.1 Å². The van der Waals surface area contributed by atoms with Crippen molar-refractivity contribution in [3.63, 3.8) is 0 Å². The third kappa shape index (κ3) is 3.33. The number of aryl methyl sites for hydroxylation is 2. The fourth-order valence-corrected chi connectivity index (χ4v) is 3.66. The number of methoxy groups -OCH3 is 1. The highest BCUT2D eigenvalue weighted by Gasteiger charge is 2.22. The minimum Gasteiger partial charge on any atom is -0.465 e. The Morgan fingerprint density at radius 3 is 2.57 bits per heavy atom. The number of aromatic nitrogens is 3. The van der Waals surface area contributed by atoms with Gasteiger partial charge in [0, 0.05) is 5.69 Å². The quantitative estimate of drug-likeness (QED) is 0.516. The van der Waals surface area contributed by atoms with Crippen LogP contribution in [0.3, 0.4) is 0 Å².